The first-order valence-corrected chi connectivity index (χ1v) is 10.2. The first-order valence-electron chi connectivity index (χ1n) is 9.37. The number of hydrogen-bond acceptors (Lipinski definition) is 4. The maximum Gasteiger partial charge on any atom is 0.258 e. The second-order valence-electron chi connectivity index (χ2n) is 6.68. The molecule has 0 spiro atoms. The van der Waals surface area contributed by atoms with Crippen LogP contribution in [-0.2, 0) is 9.53 Å². The average Bonchev–Trinajstić information content (AvgIpc) is 3.19. The monoisotopic (exact) mass is 458 g/mol. The van der Waals surface area contributed by atoms with E-state index in [4.69, 9.17) is 4.74 Å². The van der Waals surface area contributed by atoms with Crippen LogP contribution in [0.2, 0.25) is 0 Å². The summed E-state index contributed by atoms with van der Waals surface area (Å²) in [5.41, 5.74) is 1.76. The van der Waals surface area contributed by atoms with E-state index < -0.39 is 0 Å². The summed E-state index contributed by atoms with van der Waals surface area (Å²) < 4.78 is 6.53. The van der Waals surface area contributed by atoms with Crippen molar-refractivity contribution in [2.45, 2.75) is 25.9 Å². The second-order valence-corrected chi connectivity index (χ2v) is 7.59. The molecule has 2 aromatic rings. The Balaban J connectivity index is 1.75. The van der Waals surface area contributed by atoms with Gasteiger partial charge in [0.25, 0.3) is 5.91 Å². The summed E-state index contributed by atoms with van der Waals surface area (Å²) in [6.45, 7) is 2.63. The highest BCUT2D eigenvalue weighted by atomic mass is 79.9. The fourth-order valence-electron chi connectivity index (χ4n) is 2.92. The van der Waals surface area contributed by atoms with Gasteiger partial charge in [-0.2, -0.15) is 0 Å². The molecule has 1 fully saturated rings. The topological polar surface area (TPSA) is 91.8 Å². The predicted molar refractivity (Wildman–Crippen MR) is 117 cm³/mol. The van der Waals surface area contributed by atoms with Gasteiger partial charge in [0.2, 0.25) is 11.9 Å². The number of carbonyl (C=O) groups is 2. The second kappa shape index (κ2) is 10.2. The molecule has 0 aliphatic carbocycles. The van der Waals surface area contributed by atoms with Crippen molar-refractivity contribution in [1.82, 2.24) is 5.32 Å². The van der Waals surface area contributed by atoms with E-state index in [0.29, 0.717) is 23.8 Å². The summed E-state index contributed by atoms with van der Waals surface area (Å²) in [5, 5.41) is 8.65. The summed E-state index contributed by atoms with van der Waals surface area (Å²) in [4.78, 5) is 28.5. The molecule has 152 valence electrons. The third-order valence-electron chi connectivity index (χ3n) is 4.24. The lowest BCUT2D eigenvalue weighted by molar-refractivity contribution is -0.114. The van der Waals surface area contributed by atoms with Crippen molar-refractivity contribution >= 4 is 45.1 Å². The maximum atomic E-state index is 12.8. The molecule has 0 unspecified atom stereocenters. The molecule has 0 radical (unpaired) electrons. The van der Waals surface area contributed by atoms with Gasteiger partial charge >= 0.3 is 0 Å². The summed E-state index contributed by atoms with van der Waals surface area (Å²) in [7, 11) is 0. The van der Waals surface area contributed by atoms with Crippen molar-refractivity contribution in [3.05, 3.63) is 58.6 Å². The van der Waals surface area contributed by atoms with Gasteiger partial charge in [-0.15, -0.1) is 0 Å². The van der Waals surface area contributed by atoms with Gasteiger partial charge in [-0.3, -0.25) is 14.9 Å². The largest absolute Gasteiger partial charge is 0.376 e. The van der Waals surface area contributed by atoms with E-state index in [1.54, 1.807) is 24.3 Å². The Morgan fingerprint density at radius 1 is 1.14 bits per heavy atom. The molecular weight excluding hydrogens is 436 g/mol. The predicted octanol–water partition coefficient (Wildman–Crippen LogP) is 3.78. The van der Waals surface area contributed by atoms with Crippen LogP contribution < -0.4 is 16.0 Å². The van der Waals surface area contributed by atoms with E-state index in [1.807, 2.05) is 24.3 Å². The van der Waals surface area contributed by atoms with Gasteiger partial charge in [-0.25, -0.2) is 4.99 Å². The zero-order chi connectivity index (χ0) is 20.6. The fraction of sp³-hybridized carbons (Fsp3) is 0.286. The number of carbonyl (C=O) groups excluding carboxylic acids is 2. The van der Waals surface area contributed by atoms with Crippen molar-refractivity contribution < 1.29 is 14.3 Å². The SMILES string of the molecule is CC(=O)Nc1cccc(C(=O)NC(=NC[C@H]2CCCO2)Nc2cccc(Br)c2)c1. The Labute approximate surface area is 178 Å². The molecule has 1 saturated heterocycles. The van der Waals surface area contributed by atoms with Crippen LogP contribution in [0.5, 0.6) is 0 Å². The summed E-state index contributed by atoms with van der Waals surface area (Å²) in [6, 6.07) is 14.3. The number of amides is 2. The van der Waals surface area contributed by atoms with Crippen LogP contribution in [0.4, 0.5) is 11.4 Å². The molecule has 0 aromatic heterocycles. The molecule has 3 N–H and O–H groups in total. The maximum absolute atomic E-state index is 12.8. The summed E-state index contributed by atoms with van der Waals surface area (Å²) in [5.74, 6) is -0.183. The summed E-state index contributed by atoms with van der Waals surface area (Å²) >= 11 is 3.44. The number of nitrogens with zero attached hydrogens (tertiary/aromatic N) is 1. The number of hydrogen-bond donors (Lipinski definition) is 3. The molecule has 1 atom stereocenters. The highest BCUT2D eigenvalue weighted by Crippen LogP contribution is 2.16. The van der Waals surface area contributed by atoms with Crippen molar-refractivity contribution in [3.8, 4) is 0 Å². The lowest BCUT2D eigenvalue weighted by atomic mass is 10.2. The van der Waals surface area contributed by atoms with Gasteiger partial charge < -0.3 is 15.4 Å². The lowest BCUT2D eigenvalue weighted by Gasteiger charge is -2.14. The number of anilines is 2. The standard InChI is InChI=1S/C21H23BrN4O3/c1-14(27)24-17-7-2-5-15(11-17)20(28)26-21(23-13-19-9-4-10-29-19)25-18-8-3-6-16(22)12-18/h2-3,5-8,11-12,19H,4,9-10,13H2,1H3,(H,24,27)(H2,23,25,26,28)/t19-/m1/s1. The molecule has 29 heavy (non-hydrogen) atoms. The van der Waals surface area contributed by atoms with Crippen molar-refractivity contribution in [3.63, 3.8) is 0 Å². The zero-order valence-electron chi connectivity index (χ0n) is 16.1. The van der Waals surface area contributed by atoms with Crippen LogP contribution in [0.15, 0.2) is 58.0 Å². The van der Waals surface area contributed by atoms with E-state index in [2.05, 4.69) is 36.9 Å². The molecule has 8 heteroatoms. The van der Waals surface area contributed by atoms with E-state index in [1.165, 1.54) is 6.92 Å². The van der Waals surface area contributed by atoms with Gasteiger partial charge in [-0.05, 0) is 49.2 Å². The Hall–Kier alpha value is -2.71. The molecule has 2 aromatic carbocycles. The van der Waals surface area contributed by atoms with E-state index >= 15 is 0 Å². The molecule has 0 saturated carbocycles. The Bertz CT molecular complexity index is 910. The molecule has 1 heterocycles. The van der Waals surface area contributed by atoms with Crippen LogP contribution in [-0.4, -0.2) is 37.0 Å². The van der Waals surface area contributed by atoms with Gasteiger partial charge in [-0.1, -0.05) is 28.1 Å². The third-order valence-corrected chi connectivity index (χ3v) is 4.73. The molecular formula is C21H23BrN4O3. The highest BCUT2D eigenvalue weighted by molar-refractivity contribution is 9.10. The van der Waals surface area contributed by atoms with Gasteiger partial charge in [0.05, 0.1) is 12.6 Å². The van der Waals surface area contributed by atoms with E-state index in [9.17, 15) is 9.59 Å². The fourth-order valence-corrected chi connectivity index (χ4v) is 3.32. The average molecular weight is 459 g/mol. The number of guanidine groups is 1. The normalized spacial score (nSPS) is 16.3. The smallest absolute Gasteiger partial charge is 0.258 e. The van der Waals surface area contributed by atoms with Gasteiger partial charge in [0.15, 0.2) is 0 Å². The quantitative estimate of drug-likeness (QED) is 0.469. The van der Waals surface area contributed by atoms with E-state index in [0.717, 1.165) is 29.6 Å². The number of ether oxygens (including phenoxy) is 1. The van der Waals surface area contributed by atoms with E-state index in [-0.39, 0.29) is 17.9 Å². The Kier molecular flexibility index (Phi) is 7.37. The highest BCUT2D eigenvalue weighted by Gasteiger charge is 2.16. The minimum Gasteiger partial charge on any atom is -0.376 e. The lowest BCUT2D eigenvalue weighted by Crippen LogP contribution is -2.36. The number of halogens is 1. The Morgan fingerprint density at radius 2 is 1.90 bits per heavy atom. The number of aliphatic imine (C=N–C) groups is 1. The first-order chi connectivity index (χ1) is 14.0. The number of benzene rings is 2. The Morgan fingerprint density at radius 3 is 2.59 bits per heavy atom. The zero-order valence-corrected chi connectivity index (χ0v) is 17.7. The van der Waals surface area contributed by atoms with Gasteiger partial charge in [0, 0.05) is 34.9 Å². The van der Waals surface area contributed by atoms with Crippen molar-refractivity contribution in [1.29, 1.82) is 0 Å². The first kappa shape index (κ1) is 21.0. The van der Waals surface area contributed by atoms with Crippen molar-refractivity contribution in [2.24, 2.45) is 4.99 Å². The molecule has 1 aliphatic rings. The third kappa shape index (κ3) is 6.69. The number of rotatable bonds is 5. The molecule has 7 nitrogen and oxygen atoms in total. The van der Waals surface area contributed by atoms with Crippen LogP contribution in [0.3, 0.4) is 0 Å². The molecule has 0 bridgehead atoms. The summed E-state index contributed by atoms with van der Waals surface area (Å²) in [6.07, 6.45) is 2.05. The molecule has 3 rings (SSSR count). The minimum absolute atomic E-state index is 0.0642. The van der Waals surface area contributed by atoms with Crippen molar-refractivity contribution in [2.75, 3.05) is 23.8 Å². The molecule has 1 aliphatic heterocycles. The molecule has 2 amide bonds. The van der Waals surface area contributed by atoms with Gasteiger partial charge in [0.1, 0.15) is 0 Å². The van der Waals surface area contributed by atoms with Crippen LogP contribution in [0.1, 0.15) is 30.1 Å². The number of nitrogens with one attached hydrogen (secondary N) is 3. The van der Waals surface area contributed by atoms with Crippen LogP contribution in [0, 0.1) is 0 Å². The van der Waals surface area contributed by atoms with Crippen LogP contribution >= 0.6 is 15.9 Å². The minimum atomic E-state index is -0.328. The van der Waals surface area contributed by atoms with Crippen LogP contribution in [0.25, 0.3) is 0 Å².